The largest absolute Gasteiger partial charge is 0.344 e. The minimum Gasteiger partial charge on any atom is -0.344 e. The average Bonchev–Trinajstić information content (AvgIpc) is 2.37. The lowest BCUT2D eigenvalue weighted by molar-refractivity contribution is -0.131. The van der Waals surface area contributed by atoms with E-state index in [2.05, 4.69) is 10.3 Å². The van der Waals surface area contributed by atoms with Gasteiger partial charge in [-0.1, -0.05) is 0 Å². The number of nitrogens with one attached hydrogen (secondary N) is 1. The van der Waals surface area contributed by atoms with Crippen LogP contribution in [0.1, 0.15) is 24.2 Å². The lowest BCUT2D eigenvalue weighted by atomic mass is 10.2. The Morgan fingerprint density at radius 1 is 1.50 bits per heavy atom. The summed E-state index contributed by atoms with van der Waals surface area (Å²) in [5.74, 6) is -1.28. The number of amides is 2. The van der Waals surface area contributed by atoms with Crippen molar-refractivity contribution < 1.29 is 14.0 Å². The first-order valence-electron chi connectivity index (χ1n) is 5.63. The number of rotatable bonds is 4. The van der Waals surface area contributed by atoms with Crippen LogP contribution in [0.15, 0.2) is 18.3 Å². The van der Waals surface area contributed by atoms with E-state index in [0.29, 0.717) is 6.54 Å². The van der Waals surface area contributed by atoms with Crippen LogP contribution in [0, 0.1) is 5.95 Å². The third kappa shape index (κ3) is 3.51. The molecule has 1 unspecified atom stereocenters. The molecule has 0 aliphatic rings. The van der Waals surface area contributed by atoms with Gasteiger partial charge in [0.25, 0.3) is 5.91 Å². The summed E-state index contributed by atoms with van der Waals surface area (Å²) in [6, 6.07) is 1.78. The number of likely N-dealkylation sites (N-methyl/N-ethyl adjacent to an activating group) is 1. The Balaban J connectivity index is 2.65. The normalized spacial score (nSPS) is 11.8. The Morgan fingerprint density at radius 3 is 2.67 bits per heavy atom. The van der Waals surface area contributed by atoms with Gasteiger partial charge < -0.3 is 10.2 Å². The lowest BCUT2D eigenvalue weighted by Gasteiger charge is -2.20. The summed E-state index contributed by atoms with van der Waals surface area (Å²) in [5.41, 5.74) is 0.218. The zero-order chi connectivity index (χ0) is 13.7. The first kappa shape index (κ1) is 14.1. The molecule has 0 saturated carbocycles. The van der Waals surface area contributed by atoms with Crippen molar-refractivity contribution in [3.63, 3.8) is 0 Å². The second-order valence-corrected chi connectivity index (χ2v) is 3.92. The lowest BCUT2D eigenvalue weighted by Crippen LogP contribution is -2.45. The van der Waals surface area contributed by atoms with Crippen LogP contribution in [0.5, 0.6) is 0 Å². The Kier molecular flexibility index (Phi) is 4.76. The molecule has 0 spiro atoms. The summed E-state index contributed by atoms with van der Waals surface area (Å²) in [6.07, 6.45) is 1.13. The standard InChI is InChI=1S/C12H16FN3O2/c1-4-16(3)12(18)8(2)15-11(17)9-5-6-10(13)14-7-9/h5-8H,4H2,1-3H3,(H,15,17). The molecule has 1 aromatic rings. The number of carbonyl (C=O) groups is 2. The van der Waals surface area contributed by atoms with E-state index in [9.17, 15) is 14.0 Å². The molecule has 1 aromatic heterocycles. The number of pyridine rings is 1. The highest BCUT2D eigenvalue weighted by atomic mass is 19.1. The van der Waals surface area contributed by atoms with E-state index in [1.54, 1.807) is 14.0 Å². The van der Waals surface area contributed by atoms with E-state index in [4.69, 9.17) is 0 Å². The van der Waals surface area contributed by atoms with E-state index in [1.165, 1.54) is 11.0 Å². The molecule has 0 fully saturated rings. The summed E-state index contributed by atoms with van der Waals surface area (Å²) < 4.78 is 12.6. The van der Waals surface area contributed by atoms with Crippen LogP contribution < -0.4 is 5.32 Å². The van der Waals surface area contributed by atoms with Gasteiger partial charge in [-0.05, 0) is 26.0 Å². The van der Waals surface area contributed by atoms with Gasteiger partial charge in [0.05, 0.1) is 5.56 Å². The molecule has 18 heavy (non-hydrogen) atoms. The van der Waals surface area contributed by atoms with Crippen molar-refractivity contribution in [3.05, 3.63) is 29.8 Å². The Labute approximate surface area is 105 Å². The molecule has 0 bridgehead atoms. The van der Waals surface area contributed by atoms with Crippen molar-refractivity contribution in [3.8, 4) is 0 Å². The topological polar surface area (TPSA) is 62.3 Å². The fourth-order valence-corrected chi connectivity index (χ4v) is 1.34. The van der Waals surface area contributed by atoms with Crippen molar-refractivity contribution >= 4 is 11.8 Å². The maximum atomic E-state index is 12.6. The van der Waals surface area contributed by atoms with Crippen molar-refractivity contribution in [2.24, 2.45) is 0 Å². The molecular weight excluding hydrogens is 237 g/mol. The zero-order valence-corrected chi connectivity index (χ0v) is 10.6. The number of carbonyl (C=O) groups excluding carboxylic acids is 2. The van der Waals surface area contributed by atoms with Gasteiger partial charge in [-0.3, -0.25) is 9.59 Å². The van der Waals surface area contributed by atoms with Crippen LogP contribution in [-0.2, 0) is 4.79 Å². The number of hydrogen-bond donors (Lipinski definition) is 1. The molecule has 0 saturated heterocycles. The monoisotopic (exact) mass is 253 g/mol. The Morgan fingerprint density at radius 2 is 2.17 bits per heavy atom. The van der Waals surface area contributed by atoms with Crippen LogP contribution in [0.3, 0.4) is 0 Å². The van der Waals surface area contributed by atoms with E-state index in [-0.39, 0.29) is 11.5 Å². The van der Waals surface area contributed by atoms with Gasteiger partial charge in [0.2, 0.25) is 11.9 Å². The van der Waals surface area contributed by atoms with Crippen LogP contribution in [0.2, 0.25) is 0 Å². The van der Waals surface area contributed by atoms with Crippen molar-refractivity contribution in [2.45, 2.75) is 19.9 Å². The van der Waals surface area contributed by atoms with Gasteiger partial charge in [0.1, 0.15) is 6.04 Å². The van der Waals surface area contributed by atoms with E-state index in [0.717, 1.165) is 12.3 Å². The second-order valence-electron chi connectivity index (χ2n) is 3.92. The first-order valence-corrected chi connectivity index (χ1v) is 5.63. The summed E-state index contributed by atoms with van der Waals surface area (Å²) >= 11 is 0. The third-order valence-corrected chi connectivity index (χ3v) is 2.56. The zero-order valence-electron chi connectivity index (χ0n) is 10.6. The molecular formula is C12H16FN3O2. The molecule has 0 radical (unpaired) electrons. The van der Waals surface area contributed by atoms with Crippen LogP contribution >= 0.6 is 0 Å². The maximum absolute atomic E-state index is 12.6. The molecule has 0 aliphatic heterocycles. The number of halogens is 1. The highest BCUT2D eigenvalue weighted by Gasteiger charge is 2.19. The highest BCUT2D eigenvalue weighted by molar-refractivity contribution is 5.97. The van der Waals surface area contributed by atoms with Gasteiger partial charge in [-0.25, -0.2) is 4.98 Å². The van der Waals surface area contributed by atoms with Crippen molar-refractivity contribution in [1.82, 2.24) is 15.2 Å². The average molecular weight is 253 g/mol. The van der Waals surface area contributed by atoms with Gasteiger partial charge in [0, 0.05) is 19.8 Å². The number of nitrogens with zero attached hydrogens (tertiary/aromatic N) is 2. The van der Waals surface area contributed by atoms with Gasteiger partial charge in [0.15, 0.2) is 0 Å². The fraction of sp³-hybridized carbons (Fsp3) is 0.417. The fourth-order valence-electron chi connectivity index (χ4n) is 1.34. The molecule has 0 aromatic carbocycles. The minimum absolute atomic E-state index is 0.180. The smallest absolute Gasteiger partial charge is 0.253 e. The summed E-state index contributed by atoms with van der Waals surface area (Å²) in [5, 5.41) is 2.54. The molecule has 2 amide bonds. The summed E-state index contributed by atoms with van der Waals surface area (Å²) in [6.45, 7) is 4.01. The van der Waals surface area contributed by atoms with E-state index < -0.39 is 17.9 Å². The Hall–Kier alpha value is -1.98. The van der Waals surface area contributed by atoms with Crippen LogP contribution in [-0.4, -0.2) is 41.3 Å². The number of hydrogen-bond acceptors (Lipinski definition) is 3. The quantitative estimate of drug-likeness (QED) is 0.808. The van der Waals surface area contributed by atoms with Gasteiger partial charge >= 0.3 is 0 Å². The summed E-state index contributed by atoms with van der Waals surface area (Å²) in [4.78, 5) is 28.4. The first-order chi connectivity index (χ1) is 8.45. The van der Waals surface area contributed by atoms with Crippen molar-refractivity contribution in [1.29, 1.82) is 0 Å². The number of aromatic nitrogens is 1. The van der Waals surface area contributed by atoms with E-state index >= 15 is 0 Å². The second kappa shape index (κ2) is 6.09. The highest BCUT2D eigenvalue weighted by Crippen LogP contribution is 2.00. The predicted molar refractivity (Wildman–Crippen MR) is 64.4 cm³/mol. The molecule has 1 N–H and O–H groups in total. The van der Waals surface area contributed by atoms with Crippen LogP contribution in [0.25, 0.3) is 0 Å². The molecule has 1 atom stereocenters. The van der Waals surface area contributed by atoms with Crippen molar-refractivity contribution in [2.75, 3.05) is 13.6 Å². The molecule has 1 heterocycles. The molecule has 6 heteroatoms. The molecule has 5 nitrogen and oxygen atoms in total. The van der Waals surface area contributed by atoms with Crippen LogP contribution in [0.4, 0.5) is 4.39 Å². The molecule has 98 valence electrons. The SMILES string of the molecule is CCN(C)C(=O)C(C)NC(=O)c1ccc(F)nc1. The molecule has 0 aliphatic carbocycles. The third-order valence-electron chi connectivity index (χ3n) is 2.56. The Bertz CT molecular complexity index is 433. The predicted octanol–water partition coefficient (Wildman–Crippen LogP) is 0.817. The maximum Gasteiger partial charge on any atom is 0.253 e. The van der Waals surface area contributed by atoms with Gasteiger partial charge in [-0.15, -0.1) is 0 Å². The molecule has 1 rings (SSSR count). The van der Waals surface area contributed by atoms with Gasteiger partial charge in [-0.2, -0.15) is 4.39 Å². The van der Waals surface area contributed by atoms with E-state index in [1.807, 2.05) is 6.92 Å². The minimum atomic E-state index is -0.651. The summed E-state index contributed by atoms with van der Waals surface area (Å²) in [7, 11) is 1.66.